The Hall–Kier alpha value is -1.62. The summed E-state index contributed by atoms with van der Waals surface area (Å²) in [4.78, 5) is 10.7. The molecule has 3 N–H and O–H groups in total. The smallest absolute Gasteiger partial charge is 0.338 e. The molecular weight excluding hydrogens is 249 g/mol. The predicted octanol–water partition coefficient (Wildman–Crippen LogP) is 2.34. The molecule has 0 bridgehead atoms. The van der Waals surface area contributed by atoms with Gasteiger partial charge < -0.3 is 15.5 Å². The van der Waals surface area contributed by atoms with Crippen molar-refractivity contribution in [2.45, 2.75) is 19.3 Å². The SMILES string of the molecule is O=C(O)c1ccc(NCC2CCCC2CO)cc1F. The van der Waals surface area contributed by atoms with Gasteiger partial charge in [-0.25, -0.2) is 9.18 Å². The van der Waals surface area contributed by atoms with Crippen LogP contribution in [0, 0.1) is 17.7 Å². The molecule has 0 spiro atoms. The standard InChI is InChI=1S/C14H18FNO3/c15-13-6-11(4-5-12(13)14(18)19)16-7-9-2-1-3-10(9)8-17/h4-6,9-10,16-17H,1-3,7-8H2,(H,18,19). The zero-order chi connectivity index (χ0) is 13.8. The third-order valence-electron chi connectivity index (χ3n) is 3.82. The van der Waals surface area contributed by atoms with Crippen molar-refractivity contribution in [2.24, 2.45) is 11.8 Å². The van der Waals surface area contributed by atoms with Gasteiger partial charge >= 0.3 is 5.97 Å². The lowest BCUT2D eigenvalue weighted by atomic mass is 9.97. The minimum Gasteiger partial charge on any atom is -0.478 e. The van der Waals surface area contributed by atoms with Crippen LogP contribution in [-0.4, -0.2) is 29.3 Å². The lowest BCUT2D eigenvalue weighted by Gasteiger charge is -2.18. The number of aliphatic hydroxyl groups is 1. The molecule has 1 aromatic carbocycles. The van der Waals surface area contributed by atoms with E-state index in [0.29, 0.717) is 24.1 Å². The van der Waals surface area contributed by atoms with E-state index in [0.717, 1.165) is 19.3 Å². The van der Waals surface area contributed by atoms with Crippen molar-refractivity contribution in [2.75, 3.05) is 18.5 Å². The molecule has 1 aromatic rings. The molecule has 2 rings (SSSR count). The van der Waals surface area contributed by atoms with Crippen molar-refractivity contribution >= 4 is 11.7 Å². The highest BCUT2D eigenvalue weighted by Crippen LogP contribution is 2.31. The van der Waals surface area contributed by atoms with Gasteiger partial charge in [0.25, 0.3) is 0 Å². The first-order valence-electron chi connectivity index (χ1n) is 6.49. The second kappa shape index (κ2) is 6.02. The van der Waals surface area contributed by atoms with E-state index in [9.17, 15) is 14.3 Å². The Morgan fingerprint density at radius 2 is 2.11 bits per heavy atom. The molecule has 4 nitrogen and oxygen atoms in total. The molecule has 1 saturated carbocycles. The summed E-state index contributed by atoms with van der Waals surface area (Å²) in [5, 5.41) is 21.1. The number of carbonyl (C=O) groups is 1. The zero-order valence-electron chi connectivity index (χ0n) is 10.6. The second-order valence-corrected chi connectivity index (χ2v) is 5.01. The Bertz CT molecular complexity index is 464. The van der Waals surface area contributed by atoms with E-state index in [1.54, 1.807) is 6.07 Å². The summed E-state index contributed by atoms with van der Waals surface area (Å²) in [5.74, 6) is -1.29. The number of hydrogen-bond donors (Lipinski definition) is 3. The molecular formula is C14H18FNO3. The lowest BCUT2D eigenvalue weighted by Crippen LogP contribution is -2.20. The fourth-order valence-electron chi connectivity index (χ4n) is 2.67. The number of hydrogen-bond acceptors (Lipinski definition) is 3. The Morgan fingerprint density at radius 3 is 2.74 bits per heavy atom. The summed E-state index contributed by atoms with van der Waals surface area (Å²) >= 11 is 0. The van der Waals surface area contributed by atoms with Crippen LogP contribution in [0.4, 0.5) is 10.1 Å². The van der Waals surface area contributed by atoms with E-state index < -0.39 is 11.8 Å². The van der Waals surface area contributed by atoms with Crippen LogP contribution in [0.1, 0.15) is 29.6 Å². The number of nitrogens with one attached hydrogen (secondary N) is 1. The van der Waals surface area contributed by atoms with Crippen LogP contribution in [-0.2, 0) is 0 Å². The van der Waals surface area contributed by atoms with Crippen molar-refractivity contribution in [3.8, 4) is 0 Å². The summed E-state index contributed by atoms with van der Waals surface area (Å²) in [6, 6.07) is 4.03. The number of carboxylic acids is 1. The molecule has 1 aliphatic carbocycles. The van der Waals surface area contributed by atoms with Crippen LogP contribution < -0.4 is 5.32 Å². The molecule has 0 radical (unpaired) electrons. The molecule has 0 saturated heterocycles. The summed E-state index contributed by atoms with van der Waals surface area (Å²) in [5.41, 5.74) is 0.255. The summed E-state index contributed by atoms with van der Waals surface area (Å²) in [7, 11) is 0. The first kappa shape index (κ1) is 13.8. The van der Waals surface area contributed by atoms with Gasteiger partial charge in [-0.1, -0.05) is 6.42 Å². The molecule has 5 heteroatoms. The van der Waals surface area contributed by atoms with Crippen LogP contribution in [0.5, 0.6) is 0 Å². The van der Waals surface area contributed by atoms with Gasteiger partial charge in [0, 0.05) is 18.8 Å². The second-order valence-electron chi connectivity index (χ2n) is 5.01. The van der Waals surface area contributed by atoms with Crippen molar-refractivity contribution in [1.29, 1.82) is 0 Å². The van der Waals surface area contributed by atoms with Gasteiger partial charge in [-0.2, -0.15) is 0 Å². The molecule has 0 heterocycles. The number of aromatic carboxylic acids is 1. The van der Waals surface area contributed by atoms with E-state index in [1.165, 1.54) is 12.1 Å². The number of aliphatic hydroxyl groups excluding tert-OH is 1. The maximum absolute atomic E-state index is 13.5. The molecule has 104 valence electrons. The monoisotopic (exact) mass is 267 g/mol. The van der Waals surface area contributed by atoms with Crippen LogP contribution in [0.25, 0.3) is 0 Å². The van der Waals surface area contributed by atoms with Gasteiger partial charge in [0.05, 0.1) is 5.56 Å². The van der Waals surface area contributed by atoms with Gasteiger partial charge in [-0.3, -0.25) is 0 Å². The third kappa shape index (κ3) is 3.23. The maximum Gasteiger partial charge on any atom is 0.338 e. The highest BCUT2D eigenvalue weighted by atomic mass is 19.1. The van der Waals surface area contributed by atoms with Crippen LogP contribution >= 0.6 is 0 Å². The molecule has 1 aliphatic rings. The Kier molecular flexibility index (Phi) is 4.37. The maximum atomic E-state index is 13.5. The van der Waals surface area contributed by atoms with Gasteiger partial charge in [0.15, 0.2) is 0 Å². The third-order valence-corrected chi connectivity index (χ3v) is 3.82. The number of benzene rings is 1. The van der Waals surface area contributed by atoms with E-state index >= 15 is 0 Å². The average molecular weight is 267 g/mol. The van der Waals surface area contributed by atoms with Crippen molar-refractivity contribution in [3.05, 3.63) is 29.6 Å². The predicted molar refractivity (Wildman–Crippen MR) is 69.8 cm³/mol. The van der Waals surface area contributed by atoms with E-state index in [-0.39, 0.29) is 12.2 Å². The Balaban J connectivity index is 1.96. The highest BCUT2D eigenvalue weighted by molar-refractivity contribution is 5.88. The first-order valence-corrected chi connectivity index (χ1v) is 6.49. The number of halogens is 1. The molecule has 0 aromatic heterocycles. The molecule has 2 unspecified atom stereocenters. The number of rotatable bonds is 5. The molecule has 0 aliphatic heterocycles. The number of carboxylic acid groups (broad SMARTS) is 1. The largest absolute Gasteiger partial charge is 0.478 e. The summed E-state index contributed by atoms with van der Waals surface area (Å²) in [6.07, 6.45) is 3.22. The fourth-order valence-corrected chi connectivity index (χ4v) is 2.67. The fraction of sp³-hybridized carbons (Fsp3) is 0.500. The van der Waals surface area contributed by atoms with Gasteiger partial charge in [0.2, 0.25) is 0 Å². The average Bonchev–Trinajstić information content (AvgIpc) is 2.83. The van der Waals surface area contributed by atoms with Gasteiger partial charge in [-0.15, -0.1) is 0 Å². The quantitative estimate of drug-likeness (QED) is 0.766. The van der Waals surface area contributed by atoms with E-state index in [4.69, 9.17) is 5.11 Å². The summed E-state index contributed by atoms with van der Waals surface area (Å²) in [6.45, 7) is 0.871. The van der Waals surface area contributed by atoms with Crippen molar-refractivity contribution in [1.82, 2.24) is 0 Å². The topological polar surface area (TPSA) is 69.6 Å². The molecule has 1 fully saturated rings. The van der Waals surface area contributed by atoms with Crippen LogP contribution in [0.2, 0.25) is 0 Å². The normalized spacial score (nSPS) is 22.4. The Labute approximate surface area is 111 Å². The van der Waals surface area contributed by atoms with Crippen LogP contribution in [0.15, 0.2) is 18.2 Å². The number of anilines is 1. The lowest BCUT2D eigenvalue weighted by molar-refractivity contribution is 0.0692. The van der Waals surface area contributed by atoms with Gasteiger partial charge in [-0.05, 0) is 42.9 Å². The van der Waals surface area contributed by atoms with E-state index in [1.807, 2.05) is 0 Å². The minimum atomic E-state index is -1.26. The minimum absolute atomic E-state index is 0.193. The molecule has 2 atom stereocenters. The molecule has 0 amide bonds. The summed E-state index contributed by atoms with van der Waals surface area (Å²) < 4.78 is 13.5. The Morgan fingerprint density at radius 1 is 1.37 bits per heavy atom. The van der Waals surface area contributed by atoms with E-state index in [2.05, 4.69) is 5.32 Å². The van der Waals surface area contributed by atoms with Crippen molar-refractivity contribution in [3.63, 3.8) is 0 Å². The van der Waals surface area contributed by atoms with Gasteiger partial charge in [0.1, 0.15) is 5.82 Å². The molecule has 19 heavy (non-hydrogen) atoms. The van der Waals surface area contributed by atoms with Crippen molar-refractivity contribution < 1.29 is 19.4 Å². The zero-order valence-corrected chi connectivity index (χ0v) is 10.6. The highest BCUT2D eigenvalue weighted by Gasteiger charge is 2.26. The van der Waals surface area contributed by atoms with Crippen LogP contribution in [0.3, 0.4) is 0 Å². The first-order chi connectivity index (χ1) is 9.11.